The zero-order valence-electron chi connectivity index (χ0n) is 33.2. The SMILES string of the molecule is Cl.N=C(N)NCCC[C@H](N)C(=O)N[C@@H](CC1CCCCC1)C(=O)N[C@H](CCCNC(=N)N)C(=O)N[C@@H](CC1CCCCC1)C(=O)N[C@H](CCCNC(=N)N)C(N)=O. The van der Waals surface area contributed by atoms with E-state index in [0.717, 1.165) is 64.2 Å². The monoisotopic (exact) mass is 828 g/mol. The highest BCUT2D eigenvalue weighted by molar-refractivity contribution is 5.95. The van der Waals surface area contributed by atoms with Crippen molar-refractivity contribution in [2.24, 2.45) is 40.5 Å². The number of carbonyl (C=O) groups excluding carboxylic acids is 5. The molecule has 2 aliphatic carbocycles. The number of hydrogen-bond donors (Lipinski definition) is 15. The van der Waals surface area contributed by atoms with E-state index in [1.54, 1.807) is 0 Å². The van der Waals surface area contributed by atoms with Gasteiger partial charge in [0.2, 0.25) is 29.5 Å². The second-order valence-corrected chi connectivity index (χ2v) is 15.2. The molecule has 0 heterocycles. The highest BCUT2D eigenvalue weighted by Crippen LogP contribution is 2.29. The molecule has 0 spiro atoms. The Balaban J connectivity index is 0.0000162. The molecule has 0 radical (unpaired) electrons. The van der Waals surface area contributed by atoms with Crippen molar-refractivity contribution in [3.8, 4) is 0 Å². The van der Waals surface area contributed by atoms with E-state index in [0.29, 0.717) is 45.2 Å². The van der Waals surface area contributed by atoms with Crippen LogP contribution in [0.4, 0.5) is 0 Å². The van der Waals surface area contributed by atoms with Crippen molar-refractivity contribution in [2.75, 3.05) is 19.6 Å². The van der Waals surface area contributed by atoms with Crippen molar-refractivity contribution in [3.05, 3.63) is 0 Å². The highest BCUT2D eigenvalue weighted by atomic mass is 35.5. The fourth-order valence-corrected chi connectivity index (χ4v) is 7.36. The van der Waals surface area contributed by atoms with E-state index in [1.165, 1.54) is 0 Å². The van der Waals surface area contributed by atoms with Gasteiger partial charge in [0.15, 0.2) is 17.9 Å². The van der Waals surface area contributed by atoms with Gasteiger partial charge in [-0.25, -0.2) is 0 Å². The fourth-order valence-electron chi connectivity index (χ4n) is 7.36. The maximum Gasteiger partial charge on any atom is 0.243 e. The largest absolute Gasteiger partial charge is 0.370 e. The number of primary amides is 1. The summed E-state index contributed by atoms with van der Waals surface area (Å²) in [7, 11) is 0. The van der Waals surface area contributed by atoms with Gasteiger partial charge in [-0.1, -0.05) is 64.2 Å². The van der Waals surface area contributed by atoms with Crippen molar-refractivity contribution in [1.82, 2.24) is 37.2 Å². The predicted molar refractivity (Wildman–Crippen MR) is 222 cm³/mol. The van der Waals surface area contributed by atoms with Crippen LogP contribution in [0.3, 0.4) is 0 Å². The van der Waals surface area contributed by atoms with Crippen molar-refractivity contribution in [3.63, 3.8) is 0 Å². The number of hydrogen-bond acceptors (Lipinski definition) is 9. The third-order valence-corrected chi connectivity index (χ3v) is 10.5. The van der Waals surface area contributed by atoms with Gasteiger partial charge in [-0.15, -0.1) is 12.4 Å². The molecule has 2 rings (SSSR count). The van der Waals surface area contributed by atoms with E-state index in [4.69, 9.17) is 44.9 Å². The summed E-state index contributed by atoms with van der Waals surface area (Å²) in [5.41, 5.74) is 28.0. The van der Waals surface area contributed by atoms with Crippen molar-refractivity contribution in [2.45, 2.75) is 146 Å². The van der Waals surface area contributed by atoms with E-state index in [-0.39, 0.29) is 67.9 Å². The number of nitrogens with two attached hydrogens (primary N) is 5. The first-order chi connectivity index (χ1) is 26.7. The molecular weight excluding hydrogens is 758 g/mol. The standard InChI is InChI=1S/C36H69N15O5.ClH/c37-24(14-7-17-45-34(39)40)30(53)50-27(20-22-10-3-1-4-11-22)33(56)49-26(16-9-19-47-36(43)44)31(54)51-28(21-23-12-5-2-6-13-23)32(55)48-25(29(38)52)15-8-18-46-35(41)42;/h22-28H,1-21,37H2,(H2,38,52)(H,48,55)(H,49,56)(H,50,53)(H,51,54)(H4,39,40,45)(H4,41,42,46)(H4,43,44,47);1H/t24-,25+,26+,27-,28-;/m0./s1. The molecule has 0 aromatic rings. The number of halogens is 1. The molecule has 0 unspecified atom stereocenters. The van der Waals surface area contributed by atoms with Gasteiger partial charge in [-0.3, -0.25) is 40.2 Å². The molecule has 5 atom stereocenters. The molecule has 0 aliphatic heterocycles. The summed E-state index contributed by atoms with van der Waals surface area (Å²) in [6.07, 6.45) is 12.2. The summed E-state index contributed by atoms with van der Waals surface area (Å²) < 4.78 is 0. The van der Waals surface area contributed by atoms with Gasteiger partial charge in [0.25, 0.3) is 0 Å². The van der Waals surface area contributed by atoms with Crippen LogP contribution in [0.15, 0.2) is 0 Å². The zero-order valence-corrected chi connectivity index (χ0v) is 34.0. The van der Waals surface area contributed by atoms with Gasteiger partial charge in [0.1, 0.15) is 24.2 Å². The Bertz CT molecular complexity index is 1310. The third kappa shape index (κ3) is 21.5. The number of rotatable bonds is 25. The number of amides is 5. The third-order valence-electron chi connectivity index (χ3n) is 10.5. The summed E-state index contributed by atoms with van der Waals surface area (Å²) in [6, 6.07) is -5.09. The quantitative estimate of drug-likeness (QED) is 0.0296. The van der Waals surface area contributed by atoms with E-state index in [2.05, 4.69) is 37.2 Å². The average Bonchev–Trinajstić information content (AvgIpc) is 3.15. The topological polar surface area (TPSA) is 371 Å². The molecule has 20 N–H and O–H groups in total. The summed E-state index contributed by atoms with van der Waals surface area (Å²) in [4.78, 5) is 67.6. The Morgan fingerprint density at radius 2 is 0.825 bits per heavy atom. The summed E-state index contributed by atoms with van der Waals surface area (Å²) in [6.45, 7) is 0.901. The fraction of sp³-hybridized carbons (Fsp3) is 0.778. The minimum Gasteiger partial charge on any atom is -0.370 e. The Labute approximate surface area is 342 Å². The van der Waals surface area contributed by atoms with Crippen LogP contribution in [0.25, 0.3) is 0 Å². The van der Waals surface area contributed by atoms with Gasteiger partial charge in [-0.2, -0.15) is 0 Å². The average molecular weight is 829 g/mol. The van der Waals surface area contributed by atoms with Crippen molar-refractivity contribution < 1.29 is 24.0 Å². The maximum atomic E-state index is 14.1. The van der Waals surface area contributed by atoms with E-state index < -0.39 is 59.7 Å². The van der Waals surface area contributed by atoms with Gasteiger partial charge in [0, 0.05) is 19.6 Å². The molecule has 20 nitrogen and oxygen atoms in total. The van der Waals surface area contributed by atoms with Crippen LogP contribution in [0.1, 0.15) is 116 Å². The second kappa shape index (κ2) is 27.9. The lowest BCUT2D eigenvalue weighted by molar-refractivity contribution is -0.135. The molecule has 326 valence electrons. The van der Waals surface area contributed by atoms with Gasteiger partial charge >= 0.3 is 0 Å². The van der Waals surface area contributed by atoms with Crippen molar-refractivity contribution >= 4 is 59.8 Å². The van der Waals surface area contributed by atoms with Gasteiger partial charge < -0.3 is 65.9 Å². The lowest BCUT2D eigenvalue weighted by atomic mass is 9.84. The van der Waals surface area contributed by atoms with Crippen LogP contribution >= 0.6 is 12.4 Å². The normalized spacial score (nSPS) is 17.1. The summed E-state index contributed by atoms with van der Waals surface area (Å²) >= 11 is 0. The Morgan fingerprint density at radius 1 is 0.491 bits per heavy atom. The Hall–Kier alpha value is -4.59. The Morgan fingerprint density at radius 3 is 1.23 bits per heavy atom. The minimum absolute atomic E-state index is 0. The Kier molecular flexibility index (Phi) is 24.7. The van der Waals surface area contributed by atoms with Crippen LogP contribution in [-0.2, 0) is 24.0 Å². The maximum absolute atomic E-state index is 14.1. The lowest BCUT2D eigenvalue weighted by Crippen LogP contribution is -2.59. The van der Waals surface area contributed by atoms with Crippen LogP contribution in [0.2, 0.25) is 0 Å². The molecule has 0 aromatic heterocycles. The van der Waals surface area contributed by atoms with Gasteiger partial charge in [-0.05, 0) is 63.2 Å². The van der Waals surface area contributed by atoms with Gasteiger partial charge in [0.05, 0.1) is 6.04 Å². The first kappa shape index (κ1) is 50.4. The van der Waals surface area contributed by atoms with Crippen molar-refractivity contribution in [1.29, 1.82) is 16.2 Å². The zero-order chi connectivity index (χ0) is 41.5. The van der Waals surface area contributed by atoms with Crippen LogP contribution < -0.4 is 65.9 Å². The van der Waals surface area contributed by atoms with Crippen LogP contribution in [0.5, 0.6) is 0 Å². The molecule has 21 heteroatoms. The molecule has 2 saturated carbocycles. The molecule has 2 aliphatic rings. The molecular formula is C36H70ClN15O5. The van der Waals surface area contributed by atoms with Crippen LogP contribution in [0, 0.1) is 28.1 Å². The molecule has 2 fully saturated rings. The molecule has 0 bridgehead atoms. The van der Waals surface area contributed by atoms with E-state index in [9.17, 15) is 24.0 Å². The predicted octanol–water partition coefficient (Wildman–Crippen LogP) is -1.11. The molecule has 5 amide bonds. The smallest absolute Gasteiger partial charge is 0.243 e. The first-order valence-electron chi connectivity index (χ1n) is 20.2. The summed E-state index contributed by atoms with van der Waals surface area (Å²) in [5, 5.41) is 41.4. The first-order valence-corrected chi connectivity index (χ1v) is 20.2. The number of nitrogens with one attached hydrogen (secondary N) is 10. The highest BCUT2D eigenvalue weighted by Gasteiger charge is 2.34. The molecule has 0 aromatic carbocycles. The molecule has 0 saturated heterocycles. The van der Waals surface area contributed by atoms with Crippen LogP contribution in [-0.4, -0.2) is 97.3 Å². The van der Waals surface area contributed by atoms with E-state index >= 15 is 0 Å². The summed E-state index contributed by atoms with van der Waals surface area (Å²) in [5.74, 6) is -3.33. The number of guanidine groups is 3. The minimum atomic E-state index is -1.13. The lowest BCUT2D eigenvalue weighted by Gasteiger charge is -2.30. The molecule has 57 heavy (non-hydrogen) atoms. The van der Waals surface area contributed by atoms with E-state index in [1.807, 2.05) is 0 Å². The number of carbonyl (C=O) groups is 5. The second-order valence-electron chi connectivity index (χ2n) is 15.2.